The van der Waals surface area contributed by atoms with Crippen molar-refractivity contribution in [3.05, 3.63) is 59.7 Å². The second-order valence-electron chi connectivity index (χ2n) is 4.96. The number of methoxy groups -OCH3 is 1. The Kier molecular flexibility index (Phi) is 5.00. The molecule has 2 rings (SSSR count). The van der Waals surface area contributed by atoms with Crippen molar-refractivity contribution >= 4 is 22.2 Å². The lowest BCUT2D eigenvalue weighted by Crippen LogP contribution is -2.22. The van der Waals surface area contributed by atoms with E-state index in [4.69, 9.17) is 4.74 Å². The molecule has 0 fully saturated rings. The highest BCUT2D eigenvalue weighted by atomic mass is 32.2. The number of ether oxygens (including phenoxy) is 1. The van der Waals surface area contributed by atoms with Crippen LogP contribution in [0.1, 0.15) is 11.1 Å². The summed E-state index contributed by atoms with van der Waals surface area (Å²) in [4.78, 5) is 0.291. The summed E-state index contributed by atoms with van der Waals surface area (Å²) in [7, 11) is 1.30. The van der Waals surface area contributed by atoms with Gasteiger partial charge in [0.1, 0.15) is 5.75 Å². The highest BCUT2D eigenvalue weighted by Crippen LogP contribution is 2.17. The summed E-state index contributed by atoms with van der Waals surface area (Å²) in [5, 5.41) is 0. The van der Waals surface area contributed by atoms with E-state index in [2.05, 4.69) is 0 Å². The van der Waals surface area contributed by atoms with Crippen LogP contribution in [-0.2, 0) is 10.0 Å². The normalized spacial score (nSPS) is 12.0. The van der Waals surface area contributed by atoms with Crippen LogP contribution < -0.4 is 4.74 Å². The molecule has 116 valence electrons. The molecule has 4 nitrogen and oxygen atoms in total. The number of hydrogen-bond acceptors (Lipinski definition) is 3. The SMILES string of the molecule is COc1ccc(/C=C/c2ccc(S(=O)(=O)N(C)C)cc2)cc1. The fourth-order valence-corrected chi connectivity index (χ4v) is 2.77. The Balaban J connectivity index is 2.15. The van der Waals surface area contributed by atoms with Crippen LogP contribution >= 0.6 is 0 Å². The zero-order chi connectivity index (χ0) is 16.2. The Bertz CT molecular complexity index is 745. The molecule has 0 bridgehead atoms. The Morgan fingerprint density at radius 3 is 1.73 bits per heavy atom. The second-order valence-corrected chi connectivity index (χ2v) is 7.11. The monoisotopic (exact) mass is 317 g/mol. The molecule has 0 saturated heterocycles. The largest absolute Gasteiger partial charge is 0.497 e. The van der Waals surface area contributed by atoms with Crippen LogP contribution in [-0.4, -0.2) is 33.9 Å². The third-order valence-electron chi connectivity index (χ3n) is 3.24. The molecule has 0 amide bonds. The summed E-state index contributed by atoms with van der Waals surface area (Å²) in [5.74, 6) is 0.815. The van der Waals surface area contributed by atoms with Crippen molar-refractivity contribution in [2.75, 3.05) is 21.2 Å². The first-order valence-electron chi connectivity index (χ1n) is 6.78. The van der Waals surface area contributed by atoms with Gasteiger partial charge in [-0.3, -0.25) is 0 Å². The van der Waals surface area contributed by atoms with Gasteiger partial charge in [-0.15, -0.1) is 0 Å². The van der Waals surface area contributed by atoms with E-state index < -0.39 is 10.0 Å². The second kappa shape index (κ2) is 6.77. The predicted molar refractivity (Wildman–Crippen MR) is 89.2 cm³/mol. The highest BCUT2D eigenvalue weighted by molar-refractivity contribution is 7.89. The standard InChI is InChI=1S/C17H19NO3S/c1-18(2)22(19,20)17-12-8-15(9-13-17)5-4-14-6-10-16(21-3)11-7-14/h4-13H,1-3H3/b5-4+. The fourth-order valence-electron chi connectivity index (χ4n) is 1.87. The van der Waals surface area contributed by atoms with Gasteiger partial charge >= 0.3 is 0 Å². The summed E-state index contributed by atoms with van der Waals surface area (Å²) in [6.45, 7) is 0. The van der Waals surface area contributed by atoms with Crippen LogP contribution in [0.2, 0.25) is 0 Å². The molecular weight excluding hydrogens is 298 g/mol. The average molecular weight is 317 g/mol. The highest BCUT2D eigenvalue weighted by Gasteiger charge is 2.16. The molecule has 0 aromatic heterocycles. The molecule has 5 heteroatoms. The van der Waals surface area contributed by atoms with Crippen LogP contribution in [0.4, 0.5) is 0 Å². The molecule has 0 heterocycles. The Morgan fingerprint density at radius 2 is 1.32 bits per heavy atom. The van der Waals surface area contributed by atoms with Crippen molar-refractivity contribution in [2.45, 2.75) is 4.90 Å². The molecule has 2 aromatic rings. The third kappa shape index (κ3) is 3.75. The van der Waals surface area contributed by atoms with E-state index in [1.807, 2.05) is 36.4 Å². The molecule has 0 N–H and O–H groups in total. The molecule has 0 spiro atoms. The van der Waals surface area contributed by atoms with E-state index in [0.29, 0.717) is 4.90 Å². The fraction of sp³-hybridized carbons (Fsp3) is 0.176. The quantitative estimate of drug-likeness (QED) is 0.796. The summed E-state index contributed by atoms with van der Waals surface area (Å²) in [6, 6.07) is 14.5. The first-order chi connectivity index (χ1) is 10.4. The lowest BCUT2D eigenvalue weighted by atomic mass is 10.1. The maximum atomic E-state index is 12.0. The number of benzene rings is 2. The molecular formula is C17H19NO3S. The Hall–Kier alpha value is -2.11. The molecule has 0 radical (unpaired) electrons. The van der Waals surface area contributed by atoms with Crippen molar-refractivity contribution in [3.63, 3.8) is 0 Å². The van der Waals surface area contributed by atoms with Gasteiger partial charge in [-0.1, -0.05) is 36.4 Å². The van der Waals surface area contributed by atoms with Crippen molar-refractivity contribution in [1.29, 1.82) is 0 Å². The molecule has 0 aliphatic heterocycles. The topological polar surface area (TPSA) is 46.6 Å². The smallest absolute Gasteiger partial charge is 0.242 e. The lowest BCUT2D eigenvalue weighted by Gasteiger charge is -2.11. The minimum Gasteiger partial charge on any atom is -0.497 e. The molecule has 0 aliphatic carbocycles. The molecule has 22 heavy (non-hydrogen) atoms. The molecule has 2 aromatic carbocycles. The maximum Gasteiger partial charge on any atom is 0.242 e. The van der Waals surface area contributed by atoms with Gasteiger partial charge in [0.05, 0.1) is 12.0 Å². The summed E-state index contributed by atoms with van der Waals surface area (Å²) < 4.78 is 30.3. The van der Waals surface area contributed by atoms with Gasteiger partial charge in [-0.25, -0.2) is 12.7 Å². The minimum absolute atomic E-state index is 0.291. The molecule has 0 atom stereocenters. The van der Waals surface area contributed by atoms with Gasteiger partial charge in [-0.2, -0.15) is 0 Å². The van der Waals surface area contributed by atoms with Gasteiger partial charge in [0.15, 0.2) is 0 Å². The van der Waals surface area contributed by atoms with Gasteiger partial charge < -0.3 is 4.74 Å². The van der Waals surface area contributed by atoms with Crippen molar-refractivity contribution in [2.24, 2.45) is 0 Å². The zero-order valence-electron chi connectivity index (χ0n) is 12.9. The molecule has 0 aliphatic rings. The Labute approximate surface area is 131 Å². The predicted octanol–water partition coefficient (Wildman–Crippen LogP) is 3.12. The first-order valence-corrected chi connectivity index (χ1v) is 8.22. The van der Waals surface area contributed by atoms with Gasteiger partial charge in [0.2, 0.25) is 10.0 Å². The molecule has 0 saturated carbocycles. The Morgan fingerprint density at radius 1 is 0.864 bits per heavy atom. The number of sulfonamides is 1. The summed E-state index contributed by atoms with van der Waals surface area (Å²) in [6.07, 6.45) is 3.91. The van der Waals surface area contributed by atoms with Crippen molar-refractivity contribution in [3.8, 4) is 5.75 Å². The van der Waals surface area contributed by atoms with Gasteiger partial charge in [0.25, 0.3) is 0 Å². The van der Waals surface area contributed by atoms with Crippen LogP contribution in [0.5, 0.6) is 5.75 Å². The number of nitrogens with zero attached hydrogens (tertiary/aromatic N) is 1. The summed E-state index contributed by atoms with van der Waals surface area (Å²) in [5.41, 5.74) is 1.99. The summed E-state index contributed by atoms with van der Waals surface area (Å²) >= 11 is 0. The van der Waals surface area contributed by atoms with E-state index in [9.17, 15) is 8.42 Å². The lowest BCUT2D eigenvalue weighted by molar-refractivity contribution is 0.415. The average Bonchev–Trinajstić information content (AvgIpc) is 2.53. The maximum absolute atomic E-state index is 12.0. The van der Waals surface area contributed by atoms with Crippen LogP contribution in [0.15, 0.2) is 53.4 Å². The van der Waals surface area contributed by atoms with E-state index in [1.165, 1.54) is 18.4 Å². The zero-order valence-corrected chi connectivity index (χ0v) is 13.7. The van der Waals surface area contributed by atoms with Gasteiger partial charge in [0, 0.05) is 14.1 Å². The van der Waals surface area contributed by atoms with E-state index in [0.717, 1.165) is 16.9 Å². The first kappa shape index (κ1) is 16.3. The van der Waals surface area contributed by atoms with E-state index >= 15 is 0 Å². The van der Waals surface area contributed by atoms with Crippen molar-refractivity contribution in [1.82, 2.24) is 4.31 Å². The molecule has 0 unspecified atom stereocenters. The van der Waals surface area contributed by atoms with Crippen LogP contribution in [0, 0.1) is 0 Å². The third-order valence-corrected chi connectivity index (χ3v) is 5.07. The van der Waals surface area contributed by atoms with E-state index in [1.54, 1.807) is 31.4 Å². The van der Waals surface area contributed by atoms with Crippen molar-refractivity contribution < 1.29 is 13.2 Å². The van der Waals surface area contributed by atoms with Crippen LogP contribution in [0.25, 0.3) is 12.2 Å². The van der Waals surface area contributed by atoms with Crippen LogP contribution in [0.3, 0.4) is 0 Å². The van der Waals surface area contributed by atoms with E-state index in [-0.39, 0.29) is 0 Å². The van der Waals surface area contributed by atoms with Gasteiger partial charge in [-0.05, 0) is 35.4 Å². The number of rotatable bonds is 5. The minimum atomic E-state index is -3.37. The number of hydrogen-bond donors (Lipinski definition) is 0.